The maximum absolute atomic E-state index is 14.2. The van der Waals surface area contributed by atoms with Crippen molar-refractivity contribution in [1.29, 1.82) is 0 Å². The second-order valence-corrected chi connectivity index (χ2v) is 6.59. The van der Waals surface area contributed by atoms with E-state index in [2.05, 4.69) is 15.0 Å². The maximum atomic E-state index is 14.2. The third-order valence-corrected chi connectivity index (χ3v) is 3.55. The van der Waals surface area contributed by atoms with Gasteiger partial charge in [0.05, 0.1) is 11.8 Å². The van der Waals surface area contributed by atoms with Gasteiger partial charge < -0.3 is 9.72 Å². The molecule has 3 heterocycles. The molecule has 0 fully saturated rings. The quantitative estimate of drug-likeness (QED) is 0.797. The van der Waals surface area contributed by atoms with Crippen LogP contribution in [-0.4, -0.2) is 37.5 Å². The SMILES string of the molecule is CC(C)(C)OC(=O)N1C(=O)c2c[nH]cc2C1c1nc(Cl)ncc1F. The highest BCUT2D eigenvalue weighted by Crippen LogP contribution is 2.39. The average molecular weight is 353 g/mol. The molecule has 0 aromatic carbocycles. The fourth-order valence-corrected chi connectivity index (χ4v) is 2.63. The molecule has 2 aromatic heterocycles. The highest BCUT2D eigenvalue weighted by Gasteiger charge is 2.46. The van der Waals surface area contributed by atoms with Gasteiger partial charge in [-0.2, -0.15) is 0 Å². The first-order valence-corrected chi connectivity index (χ1v) is 7.48. The summed E-state index contributed by atoms with van der Waals surface area (Å²) in [4.78, 5) is 36.1. The van der Waals surface area contributed by atoms with Crippen LogP contribution in [0.4, 0.5) is 9.18 Å². The van der Waals surface area contributed by atoms with E-state index in [9.17, 15) is 14.0 Å². The standard InChI is InChI=1S/C15H14ClFN4O3/c1-15(2,3)24-14(23)21-11(7-4-18-5-8(7)12(21)22)10-9(17)6-19-13(16)20-10/h4-6,11,18H,1-3H3. The van der Waals surface area contributed by atoms with E-state index in [0.29, 0.717) is 5.56 Å². The van der Waals surface area contributed by atoms with Gasteiger partial charge in [0.15, 0.2) is 5.82 Å². The summed E-state index contributed by atoms with van der Waals surface area (Å²) in [7, 11) is 0. The minimum absolute atomic E-state index is 0.174. The molecule has 0 radical (unpaired) electrons. The van der Waals surface area contributed by atoms with E-state index in [0.717, 1.165) is 11.1 Å². The van der Waals surface area contributed by atoms with E-state index in [-0.39, 0.29) is 16.5 Å². The Morgan fingerprint density at radius 1 is 1.42 bits per heavy atom. The second kappa shape index (κ2) is 5.55. The minimum Gasteiger partial charge on any atom is -0.443 e. The fraction of sp³-hybridized carbons (Fsp3) is 0.333. The first-order valence-electron chi connectivity index (χ1n) is 7.10. The number of halogens is 2. The summed E-state index contributed by atoms with van der Waals surface area (Å²) in [5, 5.41) is -0.188. The van der Waals surface area contributed by atoms with Gasteiger partial charge in [0.1, 0.15) is 17.3 Å². The Morgan fingerprint density at radius 3 is 2.79 bits per heavy atom. The zero-order chi connectivity index (χ0) is 17.6. The molecule has 0 bridgehead atoms. The predicted molar refractivity (Wildman–Crippen MR) is 82.0 cm³/mol. The van der Waals surface area contributed by atoms with Crippen LogP contribution in [0.15, 0.2) is 18.6 Å². The van der Waals surface area contributed by atoms with Crippen LogP contribution < -0.4 is 0 Å². The topological polar surface area (TPSA) is 88.2 Å². The Hall–Kier alpha value is -2.48. The van der Waals surface area contributed by atoms with Crippen molar-refractivity contribution >= 4 is 23.6 Å². The summed E-state index contributed by atoms with van der Waals surface area (Å²) in [5.74, 6) is -1.38. The lowest BCUT2D eigenvalue weighted by molar-refractivity contribution is 0.0210. The van der Waals surface area contributed by atoms with Crippen LogP contribution in [-0.2, 0) is 4.74 Å². The van der Waals surface area contributed by atoms with Crippen molar-refractivity contribution < 1.29 is 18.7 Å². The molecule has 2 amide bonds. The molecule has 1 aliphatic rings. The molecule has 0 spiro atoms. The highest BCUT2D eigenvalue weighted by atomic mass is 35.5. The van der Waals surface area contributed by atoms with E-state index in [1.54, 1.807) is 20.8 Å². The van der Waals surface area contributed by atoms with Gasteiger partial charge in [0, 0.05) is 18.0 Å². The zero-order valence-electron chi connectivity index (χ0n) is 13.1. The Kier molecular flexibility index (Phi) is 3.79. The summed E-state index contributed by atoms with van der Waals surface area (Å²) >= 11 is 5.75. The fourth-order valence-electron chi connectivity index (χ4n) is 2.49. The number of carbonyl (C=O) groups excluding carboxylic acids is 2. The first-order chi connectivity index (χ1) is 11.2. The predicted octanol–water partition coefficient (Wildman–Crippen LogP) is 3.08. The molecule has 3 rings (SSSR count). The zero-order valence-corrected chi connectivity index (χ0v) is 13.9. The van der Waals surface area contributed by atoms with Gasteiger partial charge >= 0.3 is 6.09 Å². The number of nitrogens with zero attached hydrogens (tertiary/aromatic N) is 3. The minimum atomic E-state index is -1.07. The molecule has 1 unspecified atom stereocenters. The number of imide groups is 1. The van der Waals surface area contributed by atoms with Gasteiger partial charge in [-0.3, -0.25) is 4.79 Å². The van der Waals surface area contributed by atoms with E-state index in [1.165, 1.54) is 12.4 Å². The molecular formula is C15H14ClFN4O3. The number of amides is 2. The molecule has 126 valence electrons. The summed E-state index contributed by atoms with van der Waals surface area (Å²) in [5.41, 5.74) is -0.324. The average Bonchev–Trinajstić information content (AvgIpc) is 3.02. The number of aromatic nitrogens is 3. The number of aromatic amines is 1. The lowest BCUT2D eigenvalue weighted by atomic mass is 10.1. The van der Waals surface area contributed by atoms with Crippen molar-refractivity contribution in [2.45, 2.75) is 32.4 Å². The van der Waals surface area contributed by atoms with Crippen molar-refractivity contribution in [3.8, 4) is 0 Å². The van der Waals surface area contributed by atoms with E-state index in [1.807, 2.05) is 0 Å². The molecule has 1 atom stereocenters. The molecule has 9 heteroatoms. The molecule has 0 saturated heterocycles. The monoisotopic (exact) mass is 352 g/mol. The van der Waals surface area contributed by atoms with Crippen LogP contribution in [0.2, 0.25) is 5.28 Å². The number of carbonyl (C=O) groups is 2. The second-order valence-electron chi connectivity index (χ2n) is 6.25. The summed E-state index contributed by atoms with van der Waals surface area (Å²) in [6, 6.07) is -1.07. The smallest absolute Gasteiger partial charge is 0.418 e. The van der Waals surface area contributed by atoms with Gasteiger partial charge in [0.2, 0.25) is 5.28 Å². The van der Waals surface area contributed by atoms with Crippen LogP contribution in [0.5, 0.6) is 0 Å². The number of hydrogen-bond acceptors (Lipinski definition) is 5. The van der Waals surface area contributed by atoms with Gasteiger partial charge in [-0.1, -0.05) is 0 Å². The lowest BCUT2D eigenvalue weighted by Crippen LogP contribution is -2.40. The Morgan fingerprint density at radius 2 is 2.12 bits per heavy atom. The van der Waals surface area contributed by atoms with Crippen LogP contribution in [0.3, 0.4) is 0 Å². The molecule has 2 aromatic rings. The summed E-state index contributed by atoms with van der Waals surface area (Å²) in [6.45, 7) is 5.01. The van der Waals surface area contributed by atoms with E-state index >= 15 is 0 Å². The number of ether oxygens (including phenoxy) is 1. The molecule has 1 N–H and O–H groups in total. The van der Waals surface area contributed by atoms with Crippen LogP contribution in [0.25, 0.3) is 0 Å². The van der Waals surface area contributed by atoms with Crippen molar-refractivity contribution in [3.05, 3.63) is 46.5 Å². The van der Waals surface area contributed by atoms with Crippen LogP contribution >= 0.6 is 11.6 Å². The normalized spacial score (nSPS) is 17.1. The number of H-pyrrole nitrogens is 1. The lowest BCUT2D eigenvalue weighted by Gasteiger charge is -2.27. The maximum Gasteiger partial charge on any atom is 0.418 e. The molecule has 0 aliphatic carbocycles. The Bertz CT molecular complexity index is 830. The number of nitrogens with one attached hydrogen (secondary N) is 1. The number of rotatable bonds is 1. The van der Waals surface area contributed by atoms with Gasteiger partial charge in [0.25, 0.3) is 5.91 Å². The van der Waals surface area contributed by atoms with Crippen LogP contribution in [0.1, 0.15) is 48.4 Å². The van der Waals surface area contributed by atoms with Gasteiger partial charge in [-0.15, -0.1) is 0 Å². The number of hydrogen-bond donors (Lipinski definition) is 1. The van der Waals surface area contributed by atoms with E-state index < -0.39 is 29.5 Å². The van der Waals surface area contributed by atoms with E-state index in [4.69, 9.17) is 16.3 Å². The van der Waals surface area contributed by atoms with Crippen molar-refractivity contribution in [2.24, 2.45) is 0 Å². The Balaban J connectivity index is 2.10. The van der Waals surface area contributed by atoms with Crippen molar-refractivity contribution in [2.75, 3.05) is 0 Å². The molecule has 7 nitrogen and oxygen atoms in total. The van der Waals surface area contributed by atoms with Crippen molar-refractivity contribution in [1.82, 2.24) is 19.9 Å². The molecule has 1 aliphatic heterocycles. The molecular weight excluding hydrogens is 339 g/mol. The summed E-state index contributed by atoms with van der Waals surface area (Å²) in [6.07, 6.45) is 2.96. The molecule has 24 heavy (non-hydrogen) atoms. The van der Waals surface area contributed by atoms with Gasteiger partial charge in [-0.05, 0) is 32.4 Å². The summed E-state index contributed by atoms with van der Waals surface area (Å²) < 4.78 is 19.5. The van der Waals surface area contributed by atoms with Crippen molar-refractivity contribution in [3.63, 3.8) is 0 Å². The first kappa shape index (κ1) is 16.4. The largest absolute Gasteiger partial charge is 0.443 e. The number of fused-ring (bicyclic) bond motifs is 1. The van der Waals surface area contributed by atoms with Gasteiger partial charge in [-0.25, -0.2) is 24.1 Å². The molecule has 0 saturated carbocycles. The Labute approximate surface area is 141 Å². The van der Waals surface area contributed by atoms with Crippen LogP contribution in [0, 0.1) is 5.82 Å². The third-order valence-electron chi connectivity index (χ3n) is 3.37. The third kappa shape index (κ3) is 2.73. The highest BCUT2D eigenvalue weighted by molar-refractivity contribution is 6.28.